The van der Waals surface area contributed by atoms with Crippen LogP contribution in [0.4, 0.5) is 0 Å². The number of allylic oxidation sites excluding steroid dienone is 3. The zero-order valence-corrected chi connectivity index (χ0v) is 21.9. The molecule has 1 heterocycles. The summed E-state index contributed by atoms with van der Waals surface area (Å²) < 4.78 is 11.4. The summed E-state index contributed by atoms with van der Waals surface area (Å²) in [4.78, 5) is 27.2. The molecule has 5 heteroatoms. The summed E-state index contributed by atoms with van der Waals surface area (Å²) in [5, 5.41) is 3.42. The minimum Gasteiger partial charge on any atom is -0.490 e. The predicted octanol–water partition coefficient (Wildman–Crippen LogP) is 6.23. The highest BCUT2D eigenvalue weighted by molar-refractivity contribution is 6.04. The van der Waals surface area contributed by atoms with Gasteiger partial charge in [-0.05, 0) is 54.5 Å². The molecule has 0 radical (unpaired) electrons. The number of carbonyl (C=O) groups is 2. The largest absolute Gasteiger partial charge is 0.490 e. The van der Waals surface area contributed by atoms with Gasteiger partial charge in [-0.3, -0.25) is 4.79 Å². The highest BCUT2D eigenvalue weighted by Crippen LogP contribution is 2.45. The molecule has 1 aliphatic heterocycles. The Kier molecular flexibility index (Phi) is 7.73. The molecule has 38 heavy (non-hydrogen) atoms. The summed E-state index contributed by atoms with van der Waals surface area (Å²) in [6, 6.07) is 27.8. The number of hydrogen-bond acceptors (Lipinski definition) is 5. The third-order valence-electron chi connectivity index (χ3n) is 7.37. The van der Waals surface area contributed by atoms with Crippen molar-refractivity contribution in [2.45, 2.75) is 44.9 Å². The smallest absolute Gasteiger partial charge is 0.336 e. The Bertz CT molecular complexity index is 1360. The average molecular weight is 508 g/mol. The molecule has 3 aromatic carbocycles. The summed E-state index contributed by atoms with van der Waals surface area (Å²) in [5.74, 6) is 0.00399. The summed E-state index contributed by atoms with van der Waals surface area (Å²) in [6.45, 7) is 4.36. The second kappa shape index (κ2) is 11.5. The van der Waals surface area contributed by atoms with Crippen LogP contribution in [0, 0.1) is 0 Å². The van der Waals surface area contributed by atoms with Gasteiger partial charge in [-0.25, -0.2) is 4.79 Å². The number of ether oxygens (including phenoxy) is 2. The molecule has 0 saturated heterocycles. The number of ketones is 1. The van der Waals surface area contributed by atoms with Crippen molar-refractivity contribution < 1.29 is 19.1 Å². The average Bonchev–Trinajstić information content (AvgIpc) is 2.95. The molecule has 0 bridgehead atoms. The molecule has 2 atom stereocenters. The van der Waals surface area contributed by atoms with Crippen LogP contribution in [0.25, 0.3) is 0 Å². The lowest BCUT2D eigenvalue weighted by molar-refractivity contribution is -0.140. The Morgan fingerprint density at radius 1 is 0.868 bits per heavy atom. The van der Waals surface area contributed by atoms with Crippen molar-refractivity contribution in [2.24, 2.45) is 0 Å². The fourth-order valence-corrected chi connectivity index (χ4v) is 5.44. The second-order valence-corrected chi connectivity index (χ2v) is 9.82. The Morgan fingerprint density at radius 3 is 2.24 bits per heavy atom. The maximum atomic E-state index is 13.7. The molecular weight excluding hydrogens is 474 g/mol. The van der Waals surface area contributed by atoms with Gasteiger partial charge >= 0.3 is 5.97 Å². The third-order valence-corrected chi connectivity index (χ3v) is 7.37. The molecule has 0 spiro atoms. The normalized spacial score (nSPS) is 19.1. The molecule has 0 amide bonds. The van der Waals surface area contributed by atoms with Crippen molar-refractivity contribution >= 4 is 11.8 Å². The van der Waals surface area contributed by atoms with E-state index < -0.39 is 11.9 Å². The van der Waals surface area contributed by atoms with Crippen LogP contribution in [-0.2, 0) is 20.7 Å². The van der Waals surface area contributed by atoms with Crippen molar-refractivity contribution in [3.8, 4) is 5.75 Å². The van der Waals surface area contributed by atoms with Crippen molar-refractivity contribution in [2.75, 3.05) is 13.2 Å². The van der Waals surface area contributed by atoms with E-state index in [4.69, 9.17) is 9.47 Å². The fourth-order valence-electron chi connectivity index (χ4n) is 5.44. The van der Waals surface area contributed by atoms with Gasteiger partial charge in [0.05, 0.1) is 5.57 Å². The van der Waals surface area contributed by atoms with Crippen LogP contribution in [-0.4, -0.2) is 25.0 Å². The molecule has 5 rings (SSSR count). The van der Waals surface area contributed by atoms with Gasteiger partial charge in [0.1, 0.15) is 19.0 Å². The summed E-state index contributed by atoms with van der Waals surface area (Å²) in [6.07, 6.45) is 2.06. The van der Waals surface area contributed by atoms with E-state index in [2.05, 4.69) is 36.5 Å². The Hall–Kier alpha value is -4.12. The number of carbonyl (C=O) groups excluding carboxylic acids is 2. The first-order chi connectivity index (χ1) is 18.5. The van der Waals surface area contributed by atoms with Gasteiger partial charge in [-0.2, -0.15) is 0 Å². The molecule has 0 saturated carbocycles. The highest BCUT2D eigenvalue weighted by Gasteiger charge is 2.41. The number of hydrogen-bond donors (Lipinski definition) is 1. The monoisotopic (exact) mass is 507 g/mol. The molecule has 0 aromatic heterocycles. The van der Waals surface area contributed by atoms with Crippen LogP contribution in [0.1, 0.15) is 55.2 Å². The van der Waals surface area contributed by atoms with E-state index in [0.717, 1.165) is 41.1 Å². The minimum absolute atomic E-state index is 0.0717. The molecule has 0 unspecified atom stereocenters. The molecule has 194 valence electrons. The highest BCUT2D eigenvalue weighted by atomic mass is 16.6. The maximum Gasteiger partial charge on any atom is 0.336 e. The Labute approximate surface area is 224 Å². The van der Waals surface area contributed by atoms with Gasteiger partial charge in [-0.15, -0.1) is 0 Å². The van der Waals surface area contributed by atoms with Crippen molar-refractivity contribution in [1.29, 1.82) is 0 Å². The molecule has 2 aliphatic rings. The predicted molar refractivity (Wildman–Crippen MR) is 148 cm³/mol. The van der Waals surface area contributed by atoms with Crippen molar-refractivity contribution in [3.63, 3.8) is 0 Å². The topological polar surface area (TPSA) is 64.6 Å². The van der Waals surface area contributed by atoms with E-state index >= 15 is 0 Å². The van der Waals surface area contributed by atoms with Crippen LogP contribution in [0.2, 0.25) is 0 Å². The first-order valence-electron chi connectivity index (χ1n) is 13.3. The molecule has 3 aromatic rings. The number of nitrogens with one attached hydrogen (secondary N) is 1. The Balaban J connectivity index is 1.42. The van der Waals surface area contributed by atoms with Crippen LogP contribution < -0.4 is 10.1 Å². The number of aryl methyl sites for hydroxylation is 1. The van der Waals surface area contributed by atoms with E-state index in [-0.39, 0.29) is 24.9 Å². The quantitative estimate of drug-likeness (QED) is 0.289. The standard InChI is InChI=1S/C33H33NO4/c1-3-23-14-16-25(17-15-23)31-30(33(36)38-19-18-37-27-12-8-5-9-13-27)22(2)34-28-20-26(21-29(35)32(28)31)24-10-6-4-7-11-24/h4-17,26,31,34H,3,18-21H2,1-2H3/t26-,31+/m0/s1. The molecule has 1 aliphatic carbocycles. The van der Waals surface area contributed by atoms with Gasteiger partial charge in [-0.1, -0.05) is 79.7 Å². The zero-order chi connectivity index (χ0) is 26.5. The van der Waals surface area contributed by atoms with E-state index in [1.807, 2.05) is 67.6 Å². The summed E-state index contributed by atoms with van der Waals surface area (Å²) in [5.41, 5.74) is 6.08. The number of esters is 1. The van der Waals surface area contributed by atoms with E-state index in [9.17, 15) is 9.59 Å². The van der Waals surface area contributed by atoms with Gasteiger partial charge in [0.15, 0.2) is 5.78 Å². The number of dihydropyridines is 1. The molecular formula is C33H33NO4. The van der Waals surface area contributed by atoms with Gasteiger partial charge in [0.25, 0.3) is 0 Å². The lowest BCUT2D eigenvalue weighted by atomic mass is 9.71. The van der Waals surface area contributed by atoms with Gasteiger partial charge in [0, 0.05) is 29.3 Å². The van der Waals surface area contributed by atoms with Crippen molar-refractivity contribution in [3.05, 3.63) is 124 Å². The SMILES string of the molecule is CCc1ccc([C@@H]2C(C(=O)OCCOc3ccccc3)=C(C)NC3=C2C(=O)C[C@@H](c2ccccc2)C3)cc1. The van der Waals surface area contributed by atoms with Crippen LogP contribution in [0.3, 0.4) is 0 Å². The van der Waals surface area contributed by atoms with E-state index in [1.165, 1.54) is 5.56 Å². The Morgan fingerprint density at radius 2 is 1.55 bits per heavy atom. The number of benzene rings is 3. The van der Waals surface area contributed by atoms with Crippen LogP contribution in [0.5, 0.6) is 5.75 Å². The zero-order valence-electron chi connectivity index (χ0n) is 21.9. The molecule has 1 N–H and O–H groups in total. The van der Waals surface area contributed by atoms with Crippen LogP contribution >= 0.6 is 0 Å². The third kappa shape index (κ3) is 5.42. The first-order valence-corrected chi connectivity index (χ1v) is 13.3. The lowest BCUT2D eigenvalue weighted by Gasteiger charge is -2.36. The molecule has 0 fully saturated rings. The summed E-state index contributed by atoms with van der Waals surface area (Å²) >= 11 is 0. The van der Waals surface area contributed by atoms with Gasteiger partial charge in [0.2, 0.25) is 0 Å². The van der Waals surface area contributed by atoms with E-state index in [0.29, 0.717) is 17.6 Å². The molecule has 5 nitrogen and oxygen atoms in total. The summed E-state index contributed by atoms with van der Waals surface area (Å²) in [7, 11) is 0. The number of para-hydroxylation sites is 1. The number of Topliss-reactive ketones (excluding diaryl/α,β-unsaturated/α-hetero) is 1. The maximum absolute atomic E-state index is 13.7. The van der Waals surface area contributed by atoms with E-state index in [1.54, 1.807) is 0 Å². The van der Waals surface area contributed by atoms with Crippen molar-refractivity contribution in [1.82, 2.24) is 5.32 Å². The fraction of sp³-hybridized carbons (Fsp3) is 0.273. The lowest BCUT2D eigenvalue weighted by Crippen LogP contribution is -2.36. The van der Waals surface area contributed by atoms with Gasteiger partial charge < -0.3 is 14.8 Å². The number of rotatable bonds is 8. The first kappa shape index (κ1) is 25.5. The minimum atomic E-state index is -0.469. The van der Waals surface area contributed by atoms with Crippen LogP contribution in [0.15, 0.2) is 107 Å². The second-order valence-electron chi connectivity index (χ2n) is 9.82.